The van der Waals surface area contributed by atoms with Crippen molar-refractivity contribution in [2.24, 2.45) is 0 Å². The molecular weight excluding hydrogens is 821 g/mol. The second-order valence-corrected chi connectivity index (χ2v) is 20.7. The molecule has 0 atom stereocenters. The number of benzene rings is 8. The van der Waals surface area contributed by atoms with E-state index in [9.17, 15) is 0 Å². The first-order valence-corrected chi connectivity index (χ1v) is 27.3. The molecule has 2 aliphatic heterocycles. The number of hydrogen-bond donors (Lipinski definition) is 0. The minimum atomic E-state index is -0.0111. The average molecular weight is 897 g/mol. The normalized spacial score (nSPS) is 14.6. The molecule has 350 valence electrons. The van der Waals surface area contributed by atoms with Crippen molar-refractivity contribution in [1.29, 1.82) is 0 Å². The molecule has 0 unspecified atom stereocenters. The summed E-state index contributed by atoms with van der Waals surface area (Å²) < 4.78 is 0. The first kappa shape index (κ1) is 46.1. The molecule has 0 saturated carbocycles. The summed E-state index contributed by atoms with van der Waals surface area (Å²) in [5.41, 5.74) is 14.0. The molecule has 2 heteroatoms. The second-order valence-electron chi connectivity index (χ2n) is 20.7. The van der Waals surface area contributed by atoms with E-state index in [1.54, 1.807) is 0 Å². The van der Waals surface area contributed by atoms with E-state index in [1.165, 1.54) is 217 Å². The molecule has 0 aromatic heterocycles. The number of para-hydroxylation sites is 4. The molecule has 0 N–H and O–H groups in total. The highest BCUT2D eigenvalue weighted by Gasteiger charge is 2.45. The molecule has 8 aromatic rings. The summed E-state index contributed by atoms with van der Waals surface area (Å²) in [6.45, 7) is 9.35. The third-order valence-corrected chi connectivity index (χ3v) is 16.5. The predicted octanol–water partition coefficient (Wildman–Crippen LogP) is 20.6. The van der Waals surface area contributed by atoms with Crippen LogP contribution in [0.2, 0.25) is 0 Å². The van der Waals surface area contributed by atoms with E-state index in [0.717, 1.165) is 0 Å². The molecule has 68 heavy (non-hydrogen) atoms. The summed E-state index contributed by atoms with van der Waals surface area (Å²) in [7, 11) is 0. The SMILES string of the molecule is CCCCCCC1(CCCCCC)c2ccccc2N(c2cc3cccc4c(N5c6ccccc6C(CCCCCC)(CCCCCC)c6ccccc65)cc5cccc2c5c34)c2ccccc21. The van der Waals surface area contributed by atoms with Crippen molar-refractivity contribution < 1.29 is 0 Å². The Morgan fingerprint density at radius 2 is 0.588 bits per heavy atom. The van der Waals surface area contributed by atoms with Gasteiger partial charge in [-0.2, -0.15) is 0 Å². The van der Waals surface area contributed by atoms with Gasteiger partial charge in [0.2, 0.25) is 0 Å². The fraction of sp³-hybridized carbons (Fsp3) is 0.394. The van der Waals surface area contributed by atoms with Crippen LogP contribution in [0.25, 0.3) is 32.3 Å². The molecule has 0 bridgehead atoms. The average Bonchev–Trinajstić information content (AvgIpc) is 3.38. The molecule has 2 aliphatic rings. The van der Waals surface area contributed by atoms with Crippen LogP contribution in [0.15, 0.2) is 146 Å². The van der Waals surface area contributed by atoms with Crippen LogP contribution >= 0.6 is 0 Å². The molecule has 0 saturated heterocycles. The van der Waals surface area contributed by atoms with Crippen molar-refractivity contribution in [2.45, 2.75) is 167 Å². The summed E-state index contributed by atoms with van der Waals surface area (Å²) in [5.74, 6) is 0. The first-order chi connectivity index (χ1) is 33.6. The zero-order valence-corrected chi connectivity index (χ0v) is 41.9. The van der Waals surface area contributed by atoms with Gasteiger partial charge in [-0.25, -0.2) is 0 Å². The van der Waals surface area contributed by atoms with Crippen molar-refractivity contribution in [3.05, 3.63) is 168 Å². The number of unbranched alkanes of at least 4 members (excludes halogenated alkanes) is 12. The van der Waals surface area contributed by atoms with Gasteiger partial charge < -0.3 is 9.80 Å². The maximum Gasteiger partial charge on any atom is 0.0546 e. The van der Waals surface area contributed by atoms with Crippen LogP contribution in [0, 0.1) is 0 Å². The van der Waals surface area contributed by atoms with Crippen LogP contribution in [0.5, 0.6) is 0 Å². The topological polar surface area (TPSA) is 6.48 Å². The number of hydrogen-bond acceptors (Lipinski definition) is 2. The number of nitrogens with zero attached hydrogens (tertiary/aromatic N) is 2. The van der Waals surface area contributed by atoms with Crippen molar-refractivity contribution >= 4 is 66.4 Å². The number of rotatable bonds is 22. The lowest BCUT2D eigenvalue weighted by atomic mass is 9.64. The van der Waals surface area contributed by atoms with Crippen LogP contribution in [0.1, 0.15) is 178 Å². The van der Waals surface area contributed by atoms with Gasteiger partial charge in [0.1, 0.15) is 0 Å². The largest absolute Gasteiger partial charge is 0.309 e. The van der Waals surface area contributed by atoms with Gasteiger partial charge in [-0.05, 0) is 106 Å². The maximum absolute atomic E-state index is 2.66. The van der Waals surface area contributed by atoms with Crippen LogP contribution in [-0.4, -0.2) is 0 Å². The Bertz CT molecular complexity index is 2630. The van der Waals surface area contributed by atoms with E-state index >= 15 is 0 Å². The highest BCUT2D eigenvalue weighted by molar-refractivity contribution is 6.30. The van der Waals surface area contributed by atoms with Gasteiger partial charge in [0.25, 0.3) is 0 Å². The third-order valence-electron chi connectivity index (χ3n) is 16.5. The molecule has 0 spiro atoms. The summed E-state index contributed by atoms with van der Waals surface area (Å²) >= 11 is 0. The quantitative estimate of drug-likeness (QED) is 0.0494. The van der Waals surface area contributed by atoms with Crippen LogP contribution in [0.3, 0.4) is 0 Å². The van der Waals surface area contributed by atoms with Gasteiger partial charge >= 0.3 is 0 Å². The predicted molar refractivity (Wildman–Crippen MR) is 296 cm³/mol. The Morgan fingerprint density at radius 3 is 0.882 bits per heavy atom. The monoisotopic (exact) mass is 897 g/mol. The maximum atomic E-state index is 2.66. The van der Waals surface area contributed by atoms with E-state index < -0.39 is 0 Å². The minimum Gasteiger partial charge on any atom is -0.309 e. The van der Waals surface area contributed by atoms with Crippen molar-refractivity contribution in [2.75, 3.05) is 9.80 Å². The van der Waals surface area contributed by atoms with E-state index in [-0.39, 0.29) is 10.8 Å². The number of fused-ring (bicyclic) bond motifs is 4. The van der Waals surface area contributed by atoms with Gasteiger partial charge in [0.05, 0.1) is 34.1 Å². The van der Waals surface area contributed by atoms with Crippen molar-refractivity contribution in [1.82, 2.24) is 0 Å². The van der Waals surface area contributed by atoms with Crippen LogP contribution in [-0.2, 0) is 10.8 Å². The van der Waals surface area contributed by atoms with Gasteiger partial charge in [-0.1, -0.05) is 240 Å². The number of anilines is 6. The zero-order chi connectivity index (χ0) is 46.5. The van der Waals surface area contributed by atoms with E-state index in [2.05, 4.69) is 183 Å². The highest BCUT2D eigenvalue weighted by atomic mass is 15.2. The smallest absolute Gasteiger partial charge is 0.0546 e. The second kappa shape index (κ2) is 20.6. The molecule has 8 aromatic carbocycles. The molecule has 0 radical (unpaired) electrons. The van der Waals surface area contributed by atoms with Gasteiger partial charge in [0.15, 0.2) is 0 Å². The van der Waals surface area contributed by atoms with Crippen LogP contribution < -0.4 is 9.80 Å². The lowest BCUT2D eigenvalue weighted by molar-refractivity contribution is 0.391. The molecule has 10 rings (SSSR count). The Hall–Kier alpha value is -5.60. The fourth-order valence-electron chi connectivity index (χ4n) is 13.3. The van der Waals surface area contributed by atoms with Crippen molar-refractivity contribution in [3.63, 3.8) is 0 Å². The highest BCUT2D eigenvalue weighted by Crippen LogP contribution is 2.60. The Balaban J connectivity index is 1.15. The molecule has 0 aliphatic carbocycles. The molecular formula is C66H76N2. The van der Waals surface area contributed by atoms with E-state index in [1.807, 2.05) is 0 Å². The van der Waals surface area contributed by atoms with Gasteiger partial charge in [0, 0.05) is 21.6 Å². The molecule has 0 amide bonds. The zero-order valence-electron chi connectivity index (χ0n) is 41.9. The summed E-state index contributed by atoms with van der Waals surface area (Å²) in [5, 5.41) is 7.97. The summed E-state index contributed by atoms with van der Waals surface area (Å²) in [6, 6.07) is 57.3. The lowest BCUT2D eigenvalue weighted by Crippen LogP contribution is -2.36. The third kappa shape index (κ3) is 8.08. The molecule has 2 nitrogen and oxygen atoms in total. The lowest BCUT2D eigenvalue weighted by Gasteiger charge is -2.47. The van der Waals surface area contributed by atoms with Gasteiger partial charge in [-0.3, -0.25) is 0 Å². The Labute approximate surface area is 409 Å². The van der Waals surface area contributed by atoms with E-state index in [0.29, 0.717) is 0 Å². The standard InChI is InChI=1S/C66H76N2/c1-5-9-13-25-43-65(44-26-14-10-6-2)53-35-17-21-39-57(53)67(58-40-22-18-36-54(58)65)61-47-49-31-30-34-52-62(48-50-32-29-33-51(61)63(50)64(49)52)68-59-41-23-19-37-55(59)66(45-27-15-11-7-3,46-28-16-12-8-4)56-38-20-24-42-60(56)68/h17-24,29-42,47-48H,5-16,25-28,43-46H2,1-4H3. The molecule has 2 heterocycles. The molecule has 0 fully saturated rings. The van der Waals surface area contributed by atoms with Crippen molar-refractivity contribution in [3.8, 4) is 0 Å². The minimum absolute atomic E-state index is 0.0111. The summed E-state index contributed by atoms with van der Waals surface area (Å²) in [6.07, 6.45) is 25.3. The van der Waals surface area contributed by atoms with Crippen LogP contribution in [0.4, 0.5) is 34.1 Å². The van der Waals surface area contributed by atoms with E-state index in [4.69, 9.17) is 0 Å². The first-order valence-electron chi connectivity index (χ1n) is 27.3. The Kier molecular flexibility index (Phi) is 13.9. The summed E-state index contributed by atoms with van der Waals surface area (Å²) in [4.78, 5) is 5.31. The van der Waals surface area contributed by atoms with Gasteiger partial charge in [-0.15, -0.1) is 0 Å². The fourth-order valence-corrected chi connectivity index (χ4v) is 13.3. The Morgan fingerprint density at radius 1 is 0.294 bits per heavy atom.